The lowest BCUT2D eigenvalue weighted by atomic mass is 9.90. The minimum absolute atomic E-state index is 0.0302. The topological polar surface area (TPSA) is 34.1 Å². The van der Waals surface area contributed by atoms with Gasteiger partial charge >= 0.3 is 0 Å². The lowest BCUT2D eigenvalue weighted by Crippen LogP contribution is -2.14. The van der Waals surface area contributed by atoms with Crippen LogP contribution in [0.3, 0.4) is 0 Å². The molecule has 0 spiro atoms. The molecule has 0 amide bonds. The molecule has 1 aromatic carbocycles. The van der Waals surface area contributed by atoms with Gasteiger partial charge < -0.3 is 4.79 Å². The summed E-state index contributed by atoms with van der Waals surface area (Å²) in [6, 6.07) is 10.0. The highest BCUT2D eigenvalue weighted by Crippen LogP contribution is 2.16. The zero-order chi connectivity index (χ0) is 14.8. The largest absolute Gasteiger partial charge is 0.300 e. The first-order valence-electron chi connectivity index (χ1n) is 6.57. The molecular weight excluding hydrogens is 236 g/mol. The number of hydrogen-bond acceptors (Lipinski definition) is 2. The van der Waals surface area contributed by atoms with E-state index in [0.717, 1.165) is 12.0 Å². The van der Waals surface area contributed by atoms with Gasteiger partial charge in [0.05, 0.1) is 0 Å². The molecule has 1 rings (SSSR count). The van der Waals surface area contributed by atoms with Crippen molar-refractivity contribution in [3.63, 3.8) is 0 Å². The van der Waals surface area contributed by atoms with Gasteiger partial charge in [0.25, 0.3) is 0 Å². The summed E-state index contributed by atoms with van der Waals surface area (Å²) in [5, 5.41) is 0. The molecule has 0 aliphatic rings. The highest BCUT2D eigenvalue weighted by atomic mass is 16.1. The summed E-state index contributed by atoms with van der Waals surface area (Å²) in [7, 11) is 0. The van der Waals surface area contributed by atoms with Crippen LogP contribution in [0.15, 0.2) is 42.5 Å². The van der Waals surface area contributed by atoms with Gasteiger partial charge in [-0.15, -0.1) is 0 Å². The van der Waals surface area contributed by atoms with Crippen LogP contribution < -0.4 is 0 Å². The first-order valence-corrected chi connectivity index (χ1v) is 6.57. The van der Waals surface area contributed by atoms with Crippen molar-refractivity contribution in [3.05, 3.63) is 48.0 Å². The molecule has 1 unspecified atom stereocenters. The Morgan fingerprint density at radius 3 is 1.89 bits per heavy atom. The Morgan fingerprint density at radius 2 is 1.58 bits per heavy atom. The highest BCUT2D eigenvalue weighted by molar-refractivity contribution is 5.81. The first-order chi connectivity index (χ1) is 8.88. The second-order valence-corrected chi connectivity index (χ2v) is 4.75. The standard InChI is InChI=1S/C13H16O.C4H8O/c1-10(2)13(11(3)14)9-12-7-5-4-6-8-12;1-3-4(2)5/h4-8,13H,1,9H2,2-3H3;3H2,1-2H3. The van der Waals surface area contributed by atoms with E-state index in [0.29, 0.717) is 6.42 Å². The van der Waals surface area contributed by atoms with Crippen molar-refractivity contribution in [1.29, 1.82) is 0 Å². The lowest BCUT2D eigenvalue weighted by Gasteiger charge is -2.13. The summed E-state index contributed by atoms with van der Waals surface area (Å²) < 4.78 is 0. The number of Topliss-reactive ketones (excluding diaryl/α,β-unsaturated/α-hetero) is 2. The average molecular weight is 260 g/mol. The zero-order valence-electron chi connectivity index (χ0n) is 12.4. The van der Waals surface area contributed by atoms with E-state index in [9.17, 15) is 9.59 Å². The van der Waals surface area contributed by atoms with Crippen molar-refractivity contribution in [2.24, 2.45) is 5.92 Å². The van der Waals surface area contributed by atoms with Crippen LogP contribution >= 0.6 is 0 Å². The molecule has 2 nitrogen and oxygen atoms in total. The smallest absolute Gasteiger partial charge is 0.137 e. The number of carbonyl (C=O) groups excluding carboxylic acids is 2. The third-order valence-corrected chi connectivity index (χ3v) is 2.87. The molecule has 104 valence electrons. The molecule has 0 aliphatic carbocycles. The zero-order valence-corrected chi connectivity index (χ0v) is 12.4. The number of allylic oxidation sites excluding steroid dienone is 1. The normalized spacial score (nSPS) is 10.9. The van der Waals surface area contributed by atoms with E-state index < -0.39 is 0 Å². The molecule has 0 heterocycles. The van der Waals surface area contributed by atoms with Crippen molar-refractivity contribution in [3.8, 4) is 0 Å². The summed E-state index contributed by atoms with van der Waals surface area (Å²) in [6.07, 6.45) is 1.44. The molecule has 1 aromatic rings. The highest BCUT2D eigenvalue weighted by Gasteiger charge is 2.14. The van der Waals surface area contributed by atoms with Crippen molar-refractivity contribution >= 4 is 11.6 Å². The molecule has 0 aromatic heterocycles. The summed E-state index contributed by atoms with van der Waals surface area (Å²) in [4.78, 5) is 21.1. The fraction of sp³-hybridized carbons (Fsp3) is 0.412. The van der Waals surface area contributed by atoms with Crippen LogP contribution in [0.4, 0.5) is 0 Å². The van der Waals surface area contributed by atoms with Gasteiger partial charge in [0.2, 0.25) is 0 Å². The molecule has 1 atom stereocenters. The molecule has 0 saturated carbocycles. The molecule has 0 bridgehead atoms. The molecular formula is C17H24O2. The van der Waals surface area contributed by atoms with Gasteiger partial charge in [0, 0.05) is 12.3 Å². The Balaban J connectivity index is 0.000000555. The van der Waals surface area contributed by atoms with Crippen molar-refractivity contribution in [2.45, 2.75) is 40.5 Å². The lowest BCUT2D eigenvalue weighted by molar-refractivity contribution is -0.119. The Hall–Kier alpha value is -1.70. The van der Waals surface area contributed by atoms with E-state index in [1.807, 2.05) is 44.2 Å². The van der Waals surface area contributed by atoms with Crippen molar-refractivity contribution in [2.75, 3.05) is 0 Å². The van der Waals surface area contributed by atoms with Gasteiger partial charge in [-0.25, -0.2) is 0 Å². The van der Waals surface area contributed by atoms with Crippen LogP contribution in [0, 0.1) is 5.92 Å². The molecule has 0 radical (unpaired) electrons. The summed E-state index contributed by atoms with van der Waals surface area (Å²) in [5.74, 6) is 0.420. The molecule has 0 saturated heterocycles. The van der Waals surface area contributed by atoms with Gasteiger partial charge in [-0.1, -0.05) is 49.4 Å². The number of rotatable bonds is 5. The number of benzene rings is 1. The molecule has 19 heavy (non-hydrogen) atoms. The Bertz CT molecular complexity index is 404. The summed E-state index contributed by atoms with van der Waals surface area (Å²) in [5.41, 5.74) is 2.14. The SMILES string of the molecule is C=C(C)C(Cc1ccccc1)C(C)=O.CCC(C)=O. The van der Waals surface area contributed by atoms with E-state index in [4.69, 9.17) is 0 Å². The summed E-state index contributed by atoms with van der Waals surface area (Å²) in [6.45, 7) is 10.8. The van der Waals surface area contributed by atoms with E-state index in [1.54, 1.807) is 13.8 Å². The fourth-order valence-corrected chi connectivity index (χ4v) is 1.51. The second kappa shape index (κ2) is 9.26. The van der Waals surface area contributed by atoms with Gasteiger partial charge in [0.15, 0.2) is 0 Å². The second-order valence-electron chi connectivity index (χ2n) is 4.75. The molecule has 2 heteroatoms. The third kappa shape index (κ3) is 8.09. The minimum Gasteiger partial charge on any atom is -0.300 e. The summed E-state index contributed by atoms with van der Waals surface area (Å²) >= 11 is 0. The molecule has 0 aliphatic heterocycles. The van der Waals surface area contributed by atoms with Gasteiger partial charge in [-0.3, -0.25) is 4.79 Å². The van der Waals surface area contributed by atoms with Crippen LogP contribution in [-0.2, 0) is 16.0 Å². The van der Waals surface area contributed by atoms with Crippen LogP contribution in [0.2, 0.25) is 0 Å². The van der Waals surface area contributed by atoms with Crippen LogP contribution in [0.5, 0.6) is 0 Å². The van der Waals surface area contributed by atoms with E-state index in [-0.39, 0.29) is 17.5 Å². The number of ketones is 2. The van der Waals surface area contributed by atoms with Crippen LogP contribution in [0.1, 0.15) is 39.7 Å². The average Bonchev–Trinajstić information content (AvgIpc) is 2.37. The predicted molar refractivity (Wildman–Crippen MR) is 80.1 cm³/mol. The maximum Gasteiger partial charge on any atom is 0.137 e. The van der Waals surface area contributed by atoms with Crippen molar-refractivity contribution < 1.29 is 9.59 Å². The Labute approximate surface area is 116 Å². The minimum atomic E-state index is -0.0302. The third-order valence-electron chi connectivity index (χ3n) is 2.87. The number of hydrogen-bond donors (Lipinski definition) is 0. The molecule has 0 fully saturated rings. The van der Waals surface area contributed by atoms with Crippen LogP contribution in [-0.4, -0.2) is 11.6 Å². The fourth-order valence-electron chi connectivity index (χ4n) is 1.51. The van der Waals surface area contributed by atoms with Gasteiger partial charge in [-0.2, -0.15) is 0 Å². The molecule has 0 N–H and O–H groups in total. The maximum atomic E-state index is 11.3. The quantitative estimate of drug-likeness (QED) is 0.750. The maximum absolute atomic E-state index is 11.3. The van der Waals surface area contributed by atoms with E-state index in [1.165, 1.54) is 5.56 Å². The number of carbonyl (C=O) groups is 2. The van der Waals surface area contributed by atoms with Crippen LogP contribution in [0.25, 0.3) is 0 Å². The van der Waals surface area contributed by atoms with Gasteiger partial charge in [-0.05, 0) is 32.8 Å². The Kier molecular flexibility index (Phi) is 8.43. The predicted octanol–water partition coefficient (Wildman–Crippen LogP) is 4.00. The van der Waals surface area contributed by atoms with Crippen molar-refractivity contribution in [1.82, 2.24) is 0 Å². The van der Waals surface area contributed by atoms with E-state index in [2.05, 4.69) is 6.58 Å². The first kappa shape index (κ1) is 17.3. The Morgan fingerprint density at radius 1 is 1.11 bits per heavy atom. The monoisotopic (exact) mass is 260 g/mol. The van der Waals surface area contributed by atoms with E-state index >= 15 is 0 Å². The van der Waals surface area contributed by atoms with Gasteiger partial charge in [0.1, 0.15) is 11.6 Å².